The third-order valence-corrected chi connectivity index (χ3v) is 4.41. The average molecular weight is 236 g/mol. The fourth-order valence-corrected chi connectivity index (χ4v) is 3.04. The second-order valence-electron chi connectivity index (χ2n) is 3.34. The molecule has 0 saturated heterocycles. The van der Waals surface area contributed by atoms with Crippen LogP contribution in [0.4, 0.5) is 0 Å². The number of thiophene rings is 2. The van der Waals surface area contributed by atoms with Gasteiger partial charge < -0.3 is 0 Å². The lowest BCUT2D eigenvalue weighted by Gasteiger charge is -1.95. The smallest absolute Gasteiger partial charge is 0.204 e. The van der Waals surface area contributed by atoms with E-state index in [0.29, 0.717) is 0 Å². The second-order valence-corrected chi connectivity index (χ2v) is 5.63. The summed E-state index contributed by atoms with van der Waals surface area (Å²) in [6.45, 7) is 4.10. The van der Waals surface area contributed by atoms with Crippen LogP contribution >= 0.6 is 22.7 Å². The van der Waals surface area contributed by atoms with E-state index in [-0.39, 0.29) is 5.78 Å². The molecule has 0 unspecified atom stereocenters. The summed E-state index contributed by atoms with van der Waals surface area (Å²) in [6, 6.07) is 5.89. The minimum absolute atomic E-state index is 0.165. The van der Waals surface area contributed by atoms with E-state index in [2.05, 4.69) is 6.92 Å². The molecule has 0 aromatic carbocycles. The normalized spacial score (nSPS) is 10.5. The number of hydrogen-bond donors (Lipinski definition) is 0. The Kier molecular flexibility index (Phi) is 3.03. The van der Waals surface area contributed by atoms with Crippen molar-refractivity contribution in [2.24, 2.45) is 0 Å². The van der Waals surface area contributed by atoms with Crippen LogP contribution in [-0.2, 0) is 6.42 Å². The maximum absolute atomic E-state index is 12.1. The van der Waals surface area contributed by atoms with E-state index >= 15 is 0 Å². The Balaban J connectivity index is 2.32. The molecule has 0 atom stereocenters. The van der Waals surface area contributed by atoms with Crippen molar-refractivity contribution in [3.8, 4) is 0 Å². The summed E-state index contributed by atoms with van der Waals surface area (Å²) < 4.78 is 0. The number of carbonyl (C=O) groups is 1. The van der Waals surface area contributed by atoms with Gasteiger partial charge in [-0.05, 0) is 36.9 Å². The van der Waals surface area contributed by atoms with Crippen molar-refractivity contribution in [2.75, 3.05) is 0 Å². The highest BCUT2D eigenvalue weighted by Crippen LogP contribution is 2.24. The Morgan fingerprint density at radius 1 is 1.33 bits per heavy atom. The van der Waals surface area contributed by atoms with Gasteiger partial charge in [-0.1, -0.05) is 6.92 Å². The predicted molar refractivity (Wildman–Crippen MR) is 66.2 cm³/mol. The number of hydrogen-bond acceptors (Lipinski definition) is 3. The third kappa shape index (κ3) is 2.03. The van der Waals surface area contributed by atoms with E-state index in [0.717, 1.165) is 21.7 Å². The van der Waals surface area contributed by atoms with Crippen LogP contribution in [0, 0.1) is 6.92 Å². The Labute approximate surface area is 97.4 Å². The molecule has 2 heterocycles. The highest BCUT2D eigenvalue weighted by Gasteiger charge is 2.14. The van der Waals surface area contributed by atoms with E-state index in [1.807, 2.05) is 30.5 Å². The highest BCUT2D eigenvalue weighted by molar-refractivity contribution is 7.14. The topological polar surface area (TPSA) is 17.1 Å². The largest absolute Gasteiger partial charge is 0.288 e. The van der Waals surface area contributed by atoms with Gasteiger partial charge in [0.1, 0.15) is 0 Å². The Hall–Kier alpha value is -0.930. The summed E-state index contributed by atoms with van der Waals surface area (Å²) in [5.74, 6) is 0.165. The van der Waals surface area contributed by atoms with Crippen LogP contribution in [-0.4, -0.2) is 5.78 Å². The fraction of sp³-hybridized carbons (Fsp3) is 0.250. The number of rotatable bonds is 3. The molecular weight excluding hydrogens is 224 g/mol. The average Bonchev–Trinajstić information content (AvgIpc) is 2.84. The van der Waals surface area contributed by atoms with Crippen LogP contribution in [0.5, 0.6) is 0 Å². The first-order chi connectivity index (χ1) is 7.22. The number of carbonyl (C=O) groups excluding carboxylic acids is 1. The van der Waals surface area contributed by atoms with Crippen LogP contribution < -0.4 is 0 Å². The molecule has 0 saturated carbocycles. The molecular formula is C12H12OS2. The minimum atomic E-state index is 0.165. The van der Waals surface area contributed by atoms with E-state index < -0.39 is 0 Å². The molecule has 0 spiro atoms. The van der Waals surface area contributed by atoms with Gasteiger partial charge in [0.05, 0.1) is 4.88 Å². The lowest BCUT2D eigenvalue weighted by Crippen LogP contribution is -1.97. The van der Waals surface area contributed by atoms with Gasteiger partial charge in [0, 0.05) is 15.3 Å². The standard InChI is InChI=1S/C12H12OS2/c1-3-9-4-5-11(15-9)12(13)10-6-7-14-8(10)2/h4-7H,3H2,1-2H3. The molecule has 0 fully saturated rings. The number of aryl methyl sites for hydroxylation is 2. The zero-order chi connectivity index (χ0) is 10.8. The quantitative estimate of drug-likeness (QED) is 0.738. The molecule has 0 amide bonds. The molecule has 2 aromatic heterocycles. The monoisotopic (exact) mass is 236 g/mol. The van der Waals surface area contributed by atoms with Crippen LogP contribution in [0.1, 0.15) is 31.9 Å². The van der Waals surface area contributed by atoms with Gasteiger partial charge in [-0.25, -0.2) is 0 Å². The molecule has 0 aliphatic rings. The predicted octanol–water partition coefficient (Wildman–Crippen LogP) is 3.91. The van der Waals surface area contributed by atoms with E-state index in [9.17, 15) is 4.79 Å². The molecule has 3 heteroatoms. The molecule has 78 valence electrons. The van der Waals surface area contributed by atoms with Crippen LogP contribution in [0.2, 0.25) is 0 Å². The third-order valence-electron chi connectivity index (χ3n) is 2.34. The minimum Gasteiger partial charge on any atom is -0.288 e. The van der Waals surface area contributed by atoms with Gasteiger partial charge in [0.25, 0.3) is 0 Å². The molecule has 2 aromatic rings. The number of ketones is 1. The summed E-state index contributed by atoms with van der Waals surface area (Å²) in [6.07, 6.45) is 1.00. The first kappa shape index (κ1) is 10.6. The Morgan fingerprint density at radius 2 is 2.13 bits per heavy atom. The molecule has 0 aliphatic carbocycles. The zero-order valence-electron chi connectivity index (χ0n) is 8.74. The summed E-state index contributed by atoms with van der Waals surface area (Å²) in [4.78, 5) is 15.3. The summed E-state index contributed by atoms with van der Waals surface area (Å²) in [7, 11) is 0. The van der Waals surface area contributed by atoms with Crippen LogP contribution in [0.15, 0.2) is 23.6 Å². The maximum Gasteiger partial charge on any atom is 0.204 e. The van der Waals surface area contributed by atoms with Gasteiger partial charge >= 0.3 is 0 Å². The lowest BCUT2D eigenvalue weighted by atomic mass is 10.1. The van der Waals surface area contributed by atoms with Gasteiger partial charge in [-0.2, -0.15) is 0 Å². The van der Waals surface area contributed by atoms with Crippen LogP contribution in [0.25, 0.3) is 0 Å². The van der Waals surface area contributed by atoms with Crippen molar-refractivity contribution in [2.45, 2.75) is 20.3 Å². The molecule has 0 bridgehead atoms. The molecule has 0 radical (unpaired) electrons. The van der Waals surface area contributed by atoms with E-state index in [4.69, 9.17) is 0 Å². The van der Waals surface area contributed by atoms with Gasteiger partial charge in [0.15, 0.2) is 0 Å². The van der Waals surface area contributed by atoms with Crippen LogP contribution in [0.3, 0.4) is 0 Å². The summed E-state index contributed by atoms with van der Waals surface area (Å²) in [5.41, 5.74) is 0.851. The van der Waals surface area contributed by atoms with E-state index in [1.165, 1.54) is 4.88 Å². The fourth-order valence-electron chi connectivity index (χ4n) is 1.44. The van der Waals surface area contributed by atoms with Gasteiger partial charge in [-0.15, -0.1) is 22.7 Å². The highest BCUT2D eigenvalue weighted by atomic mass is 32.1. The Bertz CT molecular complexity index is 479. The maximum atomic E-state index is 12.1. The van der Waals surface area contributed by atoms with Crippen molar-refractivity contribution >= 4 is 28.5 Å². The summed E-state index contributed by atoms with van der Waals surface area (Å²) in [5, 5.41) is 1.97. The molecule has 0 N–H and O–H groups in total. The van der Waals surface area contributed by atoms with Crippen molar-refractivity contribution in [3.05, 3.63) is 43.8 Å². The second kappa shape index (κ2) is 4.29. The molecule has 1 nitrogen and oxygen atoms in total. The van der Waals surface area contributed by atoms with Crippen molar-refractivity contribution in [3.63, 3.8) is 0 Å². The van der Waals surface area contributed by atoms with Crippen molar-refractivity contribution in [1.29, 1.82) is 0 Å². The van der Waals surface area contributed by atoms with Crippen molar-refractivity contribution in [1.82, 2.24) is 0 Å². The molecule has 2 rings (SSSR count). The van der Waals surface area contributed by atoms with Gasteiger partial charge in [0.2, 0.25) is 5.78 Å². The first-order valence-electron chi connectivity index (χ1n) is 4.90. The Morgan fingerprint density at radius 3 is 2.67 bits per heavy atom. The molecule has 15 heavy (non-hydrogen) atoms. The zero-order valence-corrected chi connectivity index (χ0v) is 10.4. The molecule has 0 aliphatic heterocycles. The first-order valence-corrected chi connectivity index (χ1v) is 6.59. The van der Waals surface area contributed by atoms with Crippen molar-refractivity contribution < 1.29 is 4.79 Å². The SMILES string of the molecule is CCc1ccc(C(=O)c2ccsc2C)s1. The van der Waals surface area contributed by atoms with Gasteiger partial charge in [-0.3, -0.25) is 4.79 Å². The summed E-state index contributed by atoms with van der Waals surface area (Å²) >= 11 is 3.23. The lowest BCUT2D eigenvalue weighted by molar-refractivity contribution is 0.104. The van der Waals surface area contributed by atoms with E-state index in [1.54, 1.807) is 22.7 Å².